The van der Waals surface area contributed by atoms with E-state index < -0.39 is 11.7 Å². The van der Waals surface area contributed by atoms with Crippen molar-refractivity contribution in [3.63, 3.8) is 0 Å². The Labute approximate surface area is 114 Å². The lowest BCUT2D eigenvalue weighted by molar-refractivity contribution is -0.239. The van der Waals surface area contributed by atoms with Gasteiger partial charge >= 0.3 is 5.97 Å². The van der Waals surface area contributed by atoms with Crippen LogP contribution in [0, 0.1) is 23.2 Å². The number of carbonyl (C=O) groups is 1. The lowest BCUT2D eigenvalue weighted by Crippen LogP contribution is -2.65. The summed E-state index contributed by atoms with van der Waals surface area (Å²) in [5.41, 5.74) is -1.44. The van der Waals surface area contributed by atoms with Gasteiger partial charge in [0.25, 0.3) is 0 Å². The standard InChI is InChI=1S/C15H24O4/c1-8-4-5-12(16)15(18)7-11-10(6-14(8,15)3)9(2)13(17)19-11/h8-12,16,18H,4-7H2,1-3H3. The van der Waals surface area contributed by atoms with Gasteiger partial charge in [0.1, 0.15) is 6.10 Å². The van der Waals surface area contributed by atoms with Gasteiger partial charge in [0, 0.05) is 17.8 Å². The van der Waals surface area contributed by atoms with Crippen molar-refractivity contribution < 1.29 is 19.7 Å². The zero-order valence-electron chi connectivity index (χ0n) is 11.9. The summed E-state index contributed by atoms with van der Waals surface area (Å²) in [5, 5.41) is 21.4. The van der Waals surface area contributed by atoms with Gasteiger partial charge in [-0.05, 0) is 25.2 Å². The molecule has 1 heterocycles. The molecule has 0 spiro atoms. The average molecular weight is 268 g/mol. The third kappa shape index (κ3) is 1.56. The Balaban J connectivity index is 1.98. The summed E-state index contributed by atoms with van der Waals surface area (Å²) in [7, 11) is 0. The third-order valence-corrected chi connectivity index (χ3v) is 6.43. The minimum atomic E-state index is -1.11. The van der Waals surface area contributed by atoms with E-state index in [1.54, 1.807) is 0 Å². The highest BCUT2D eigenvalue weighted by atomic mass is 16.6. The van der Waals surface area contributed by atoms with Gasteiger partial charge < -0.3 is 14.9 Å². The Morgan fingerprint density at radius 1 is 1.26 bits per heavy atom. The first-order valence-electron chi connectivity index (χ1n) is 7.40. The number of aliphatic hydroxyl groups is 2. The molecule has 1 aliphatic heterocycles. The van der Waals surface area contributed by atoms with Gasteiger partial charge in [-0.2, -0.15) is 0 Å². The van der Waals surface area contributed by atoms with Gasteiger partial charge in [-0.1, -0.05) is 20.8 Å². The first kappa shape index (κ1) is 13.4. The van der Waals surface area contributed by atoms with Crippen LogP contribution in [0.25, 0.3) is 0 Å². The van der Waals surface area contributed by atoms with Gasteiger partial charge in [-0.15, -0.1) is 0 Å². The Bertz CT molecular complexity index is 409. The molecule has 0 aromatic heterocycles. The molecule has 0 amide bonds. The fraction of sp³-hybridized carbons (Fsp3) is 0.933. The first-order chi connectivity index (χ1) is 8.79. The van der Waals surface area contributed by atoms with Crippen molar-refractivity contribution in [2.75, 3.05) is 0 Å². The average Bonchev–Trinajstić information content (AvgIpc) is 2.61. The summed E-state index contributed by atoms with van der Waals surface area (Å²) >= 11 is 0. The summed E-state index contributed by atoms with van der Waals surface area (Å²) in [6.45, 7) is 6.15. The number of esters is 1. The third-order valence-electron chi connectivity index (χ3n) is 6.43. The molecule has 3 aliphatic rings. The van der Waals surface area contributed by atoms with Crippen LogP contribution < -0.4 is 0 Å². The van der Waals surface area contributed by atoms with Crippen molar-refractivity contribution in [2.24, 2.45) is 23.2 Å². The number of aliphatic hydroxyl groups excluding tert-OH is 1. The quantitative estimate of drug-likeness (QED) is 0.653. The van der Waals surface area contributed by atoms with Crippen LogP contribution in [-0.4, -0.2) is 34.0 Å². The van der Waals surface area contributed by atoms with Gasteiger partial charge in [-0.25, -0.2) is 0 Å². The number of ether oxygens (including phenoxy) is 1. The Hall–Kier alpha value is -0.610. The van der Waals surface area contributed by atoms with Crippen LogP contribution in [0.2, 0.25) is 0 Å². The fourth-order valence-corrected chi connectivity index (χ4v) is 4.66. The fourth-order valence-electron chi connectivity index (χ4n) is 4.66. The van der Waals surface area contributed by atoms with Gasteiger partial charge in [0.2, 0.25) is 0 Å². The maximum Gasteiger partial charge on any atom is 0.309 e. The van der Waals surface area contributed by atoms with Crippen LogP contribution >= 0.6 is 0 Å². The molecule has 2 N–H and O–H groups in total. The molecule has 4 heteroatoms. The lowest BCUT2D eigenvalue weighted by Gasteiger charge is -2.59. The number of carbonyl (C=O) groups excluding carboxylic acids is 1. The molecule has 0 aromatic rings. The molecular formula is C15H24O4. The van der Waals surface area contributed by atoms with E-state index in [4.69, 9.17) is 4.74 Å². The van der Waals surface area contributed by atoms with Crippen LogP contribution in [0.15, 0.2) is 0 Å². The molecule has 7 atom stereocenters. The highest BCUT2D eigenvalue weighted by molar-refractivity contribution is 5.75. The van der Waals surface area contributed by atoms with Gasteiger partial charge in [0.05, 0.1) is 17.6 Å². The zero-order valence-corrected chi connectivity index (χ0v) is 11.9. The summed E-state index contributed by atoms with van der Waals surface area (Å²) in [6.07, 6.45) is 1.79. The second-order valence-electron chi connectivity index (χ2n) is 7.17. The molecule has 2 aliphatic carbocycles. The van der Waals surface area contributed by atoms with Crippen molar-refractivity contribution in [1.82, 2.24) is 0 Å². The molecule has 1 saturated heterocycles. The molecule has 2 saturated carbocycles. The minimum Gasteiger partial charge on any atom is -0.462 e. The molecular weight excluding hydrogens is 244 g/mol. The number of hydrogen-bond donors (Lipinski definition) is 2. The van der Waals surface area contributed by atoms with Crippen molar-refractivity contribution >= 4 is 5.97 Å². The summed E-state index contributed by atoms with van der Waals surface area (Å²) in [5.74, 6) is 0.302. The predicted molar refractivity (Wildman–Crippen MR) is 69.2 cm³/mol. The predicted octanol–water partition coefficient (Wildman–Crippen LogP) is 1.49. The SMILES string of the molecule is CC1C(=O)OC2CC3(O)C(O)CCC(C)C3(C)CC21. The lowest BCUT2D eigenvalue weighted by atomic mass is 9.49. The molecule has 19 heavy (non-hydrogen) atoms. The Morgan fingerprint density at radius 2 is 1.95 bits per heavy atom. The highest BCUT2D eigenvalue weighted by Crippen LogP contribution is 2.59. The van der Waals surface area contributed by atoms with E-state index in [0.717, 1.165) is 12.8 Å². The van der Waals surface area contributed by atoms with E-state index in [0.29, 0.717) is 18.8 Å². The molecule has 7 unspecified atom stereocenters. The monoisotopic (exact) mass is 268 g/mol. The van der Waals surface area contributed by atoms with Gasteiger partial charge in [-0.3, -0.25) is 4.79 Å². The number of fused-ring (bicyclic) bond motifs is 2. The summed E-state index contributed by atoms with van der Waals surface area (Å²) in [6, 6.07) is 0. The van der Waals surface area contributed by atoms with Crippen LogP contribution in [0.3, 0.4) is 0 Å². The Morgan fingerprint density at radius 3 is 2.63 bits per heavy atom. The molecule has 3 rings (SSSR count). The topological polar surface area (TPSA) is 66.8 Å². The van der Waals surface area contributed by atoms with E-state index in [9.17, 15) is 15.0 Å². The molecule has 0 radical (unpaired) electrons. The second-order valence-corrected chi connectivity index (χ2v) is 7.17. The number of hydrogen-bond acceptors (Lipinski definition) is 4. The van der Waals surface area contributed by atoms with E-state index in [1.807, 2.05) is 6.92 Å². The zero-order chi connectivity index (χ0) is 14.0. The Kier molecular flexibility index (Phi) is 2.78. The van der Waals surface area contributed by atoms with Crippen molar-refractivity contribution in [3.8, 4) is 0 Å². The van der Waals surface area contributed by atoms with Crippen LogP contribution in [-0.2, 0) is 9.53 Å². The number of rotatable bonds is 0. The van der Waals surface area contributed by atoms with E-state index in [2.05, 4.69) is 13.8 Å². The van der Waals surface area contributed by atoms with Crippen LogP contribution in [0.4, 0.5) is 0 Å². The van der Waals surface area contributed by atoms with Crippen molar-refractivity contribution in [2.45, 2.75) is 64.3 Å². The normalized spacial score (nSPS) is 57.3. The minimum absolute atomic E-state index is 0.0855. The summed E-state index contributed by atoms with van der Waals surface area (Å²) < 4.78 is 5.41. The molecule has 108 valence electrons. The molecule has 0 aromatic carbocycles. The first-order valence-corrected chi connectivity index (χ1v) is 7.40. The van der Waals surface area contributed by atoms with Crippen LogP contribution in [0.5, 0.6) is 0 Å². The van der Waals surface area contributed by atoms with E-state index >= 15 is 0 Å². The smallest absolute Gasteiger partial charge is 0.309 e. The maximum absolute atomic E-state index is 11.8. The summed E-state index contributed by atoms with van der Waals surface area (Å²) in [4.78, 5) is 11.8. The van der Waals surface area contributed by atoms with Crippen molar-refractivity contribution in [3.05, 3.63) is 0 Å². The molecule has 3 fully saturated rings. The van der Waals surface area contributed by atoms with E-state index in [-0.39, 0.29) is 29.3 Å². The second kappa shape index (κ2) is 3.95. The van der Waals surface area contributed by atoms with Crippen LogP contribution in [0.1, 0.15) is 46.5 Å². The van der Waals surface area contributed by atoms with Gasteiger partial charge in [0.15, 0.2) is 0 Å². The molecule has 4 nitrogen and oxygen atoms in total. The molecule has 0 bridgehead atoms. The highest BCUT2D eigenvalue weighted by Gasteiger charge is 2.64. The largest absolute Gasteiger partial charge is 0.462 e. The maximum atomic E-state index is 11.8. The van der Waals surface area contributed by atoms with Crippen molar-refractivity contribution in [1.29, 1.82) is 0 Å². The van der Waals surface area contributed by atoms with E-state index in [1.165, 1.54) is 0 Å².